The van der Waals surface area contributed by atoms with Crippen LogP contribution in [0.1, 0.15) is 5.56 Å². The summed E-state index contributed by atoms with van der Waals surface area (Å²) >= 11 is 0. The Morgan fingerprint density at radius 2 is 1.86 bits per heavy atom. The molecular weight excluding hydrogens is 285 g/mol. The van der Waals surface area contributed by atoms with Gasteiger partial charge in [0.25, 0.3) is 5.91 Å². The normalized spacial score (nSPS) is 10.1. The van der Waals surface area contributed by atoms with E-state index in [2.05, 4.69) is 0 Å². The lowest BCUT2D eigenvalue weighted by Crippen LogP contribution is -2.30. The predicted molar refractivity (Wildman–Crippen MR) is 81.4 cm³/mol. The predicted octanol–water partition coefficient (Wildman–Crippen LogP) is 2.87. The van der Waals surface area contributed by atoms with Gasteiger partial charge in [0.15, 0.2) is 6.61 Å². The van der Waals surface area contributed by atoms with Crippen LogP contribution >= 0.6 is 0 Å². The van der Waals surface area contributed by atoms with Crippen molar-refractivity contribution in [2.45, 2.75) is 6.54 Å². The first-order valence-corrected chi connectivity index (χ1v) is 6.84. The maximum absolute atomic E-state index is 13.0. The average Bonchev–Trinajstić information content (AvgIpc) is 2.52. The summed E-state index contributed by atoms with van der Waals surface area (Å²) in [7, 11) is 3.29. The van der Waals surface area contributed by atoms with Crippen LogP contribution < -0.4 is 9.47 Å². The minimum Gasteiger partial charge on any atom is -0.497 e. The smallest absolute Gasteiger partial charge is 0.260 e. The Labute approximate surface area is 129 Å². The highest BCUT2D eigenvalue weighted by atomic mass is 19.1. The van der Waals surface area contributed by atoms with E-state index < -0.39 is 5.82 Å². The number of ether oxygens (including phenoxy) is 2. The van der Waals surface area contributed by atoms with Gasteiger partial charge in [-0.2, -0.15) is 0 Å². The standard InChI is InChI=1S/C17H18FNO3/c1-19(11-13-5-3-7-15(9-13)21-2)17(20)12-22-16-8-4-6-14(18)10-16/h3-10H,11-12H2,1-2H3. The van der Waals surface area contributed by atoms with Crippen molar-refractivity contribution in [3.05, 3.63) is 59.9 Å². The van der Waals surface area contributed by atoms with Crippen LogP contribution in [0.25, 0.3) is 0 Å². The van der Waals surface area contributed by atoms with Crippen molar-refractivity contribution >= 4 is 5.91 Å². The number of methoxy groups -OCH3 is 1. The summed E-state index contributed by atoms with van der Waals surface area (Å²) in [5.41, 5.74) is 0.959. The molecule has 4 nitrogen and oxygen atoms in total. The molecule has 0 aromatic heterocycles. The molecule has 0 saturated heterocycles. The van der Waals surface area contributed by atoms with Crippen LogP contribution in [0.4, 0.5) is 4.39 Å². The third-order valence-corrected chi connectivity index (χ3v) is 3.14. The Hall–Kier alpha value is -2.56. The molecule has 0 radical (unpaired) electrons. The van der Waals surface area contributed by atoms with Crippen molar-refractivity contribution < 1.29 is 18.7 Å². The molecule has 2 rings (SSSR count). The molecule has 0 atom stereocenters. The molecule has 0 saturated carbocycles. The Balaban J connectivity index is 1.89. The number of hydrogen-bond donors (Lipinski definition) is 0. The van der Waals surface area contributed by atoms with Gasteiger partial charge < -0.3 is 14.4 Å². The van der Waals surface area contributed by atoms with Gasteiger partial charge in [-0.25, -0.2) is 4.39 Å². The maximum Gasteiger partial charge on any atom is 0.260 e. The number of nitrogens with zero attached hydrogens (tertiary/aromatic N) is 1. The zero-order valence-corrected chi connectivity index (χ0v) is 12.6. The minimum atomic E-state index is -0.394. The highest BCUT2D eigenvalue weighted by Gasteiger charge is 2.11. The Kier molecular flexibility index (Phi) is 5.36. The van der Waals surface area contributed by atoms with Crippen molar-refractivity contribution in [3.8, 4) is 11.5 Å². The summed E-state index contributed by atoms with van der Waals surface area (Å²) in [4.78, 5) is 13.6. The zero-order chi connectivity index (χ0) is 15.9. The van der Waals surface area contributed by atoms with E-state index in [9.17, 15) is 9.18 Å². The first kappa shape index (κ1) is 15.8. The quantitative estimate of drug-likeness (QED) is 0.823. The van der Waals surface area contributed by atoms with Gasteiger partial charge in [0.05, 0.1) is 7.11 Å². The summed E-state index contributed by atoms with van der Waals surface area (Å²) < 4.78 is 23.5. The van der Waals surface area contributed by atoms with Gasteiger partial charge in [0.2, 0.25) is 0 Å². The molecule has 116 valence electrons. The molecule has 5 heteroatoms. The first-order chi connectivity index (χ1) is 10.6. The average molecular weight is 303 g/mol. The molecule has 0 bridgehead atoms. The van der Waals surface area contributed by atoms with Crippen LogP contribution in [0.5, 0.6) is 11.5 Å². The highest BCUT2D eigenvalue weighted by molar-refractivity contribution is 5.77. The van der Waals surface area contributed by atoms with Gasteiger partial charge in [-0.15, -0.1) is 0 Å². The van der Waals surface area contributed by atoms with E-state index >= 15 is 0 Å². The summed E-state index contributed by atoms with van der Waals surface area (Å²) in [6.45, 7) is 0.312. The zero-order valence-electron chi connectivity index (χ0n) is 12.6. The third kappa shape index (κ3) is 4.48. The Morgan fingerprint density at radius 3 is 2.59 bits per heavy atom. The second-order valence-electron chi connectivity index (χ2n) is 4.85. The number of carbonyl (C=O) groups excluding carboxylic acids is 1. The topological polar surface area (TPSA) is 38.8 Å². The minimum absolute atomic E-state index is 0.135. The number of carbonyl (C=O) groups is 1. The van der Waals surface area contributed by atoms with Crippen LogP contribution in [0.3, 0.4) is 0 Å². The van der Waals surface area contributed by atoms with Gasteiger partial charge in [0.1, 0.15) is 17.3 Å². The summed E-state index contributed by atoms with van der Waals surface area (Å²) in [5.74, 6) is 0.499. The lowest BCUT2D eigenvalue weighted by atomic mass is 10.2. The van der Waals surface area contributed by atoms with Gasteiger partial charge >= 0.3 is 0 Å². The van der Waals surface area contributed by atoms with E-state index in [-0.39, 0.29) is 12.5 Å². The summed E-state index contributed by atoms with van der Waals surface area (Å²) in [6.07, 6.45) is 0. The molecule has 22 heavy (non-hydrogen) atoms. The fourth-order valence-electron chi connectivity index (χ4n) is 1.94. The lowest BCUT2D eigenvalue weighted by Gasteiger charge is -2.18. The van der Waals surface area contributed by atoms with Crippen molar-refractivity contribution in [1.82, 2.24) is 4.90 Å². The van der Waals surface area contributed by atoms with Crippen LogP contribution in [0.2, 0.25) is 0 Å². The monoisotopic (exact) mass is 303 g/mol. The van der Waals surface area contributed by atoms with E-state index in [1.807, 2.05) is 24.3 Å². The Morgan fingerprint density at radius 1 is 1.14 bits per heavy atom. The van der Waals surface area contributed by atoms with Gasteiger partial charge in [-0.05, 0) is 29.8 Å². The fraction of sp³-hybridized carbons (Fsp3) is 0.235. The van der Waals surface area contributed by atoms with Crippen LogP contribution in [0.15, 0.2) is 48.5 Å². The van der Waals surface area contributed by atoms with Gasteiger partial charge in [0, 0.05) is 19.7 Å². The molecule has 0 aliphatic rings. The van der Waals surface area contributed by atoms with Crippen molar-refractivity contribution in [3.63, 3.8) is 0 Å². The maximum atomic E-state index is 13.0. The summed E-state index contributed by atoms with van der Waals surface area (Å²) in [5, 5.41) is 0. The second kappa shape index (κ2) is 7.45. The van der Waals surface area contributed by atoms with Crippen molar-refractivity contribution in [2.75, 3.05) is 20.8 Å². The van der Waals surface area contributed by atoms with E-state index in [4.69, 9.17) is 9.47 Å². The lowest BCUT2D eigenvalue weighted by molar-refractivity contribution is -0.132. The number of halogens is 1. The number of benzene rings is 2. The molecular formula is C17H18FNO3. The van der Waals surface area contributed by atoms with E-state index in [0.29, 0.717) is 12.3 Å². The number of rotatable bonds is 6. The largest absolute Gasteiger partial charge is 0.497 e. The molecule has 0 N–H and O–H groups in total. The summed E-state index contributed by atoms with van der Waals surface area (Å²) in [6, 6.07) is 13.2. The van der Waals surface area contributed by atoms with Crippen LogP contribution in [-0.4, -0.2) is 31.6 Å². The van der Waals surface area contributed by atoms with Crippen molar-refractivity contribution in [1.29, 1.82) is 0 Å². The van der Waals surface area contributed by atoms with Crippen LogP contribution in [0, 0.1) is 5.82 Å². The molecule has 2 aromatic rings. The van der Waals surface area contributed by atoms with Crippen molar-refractivity contribution in [2.24, 2.45) is 0 Å². The number of hydrogen-bond acceptors (Lipinski definition) is 3. The molecule has 0 aliphatic carbocycles. The second-order valence-corrected chi connectivity index (χ2v) is 4.85. The third-order valence-electron chi connectivity index (χ3n) is 3.14. The molecule has 2 aromatic carbocycles. The molecule has 0 aliphatic heterocycles. The molecule has 0 unspecified atom stereocenters. The molecule has 0 fully saturated rings. The Bertz CT molecular complexity index is 645. The van der Waals surface area contributed by atoms with E-state index in [0.717, 1.165) is 11.3 Å². The molecule has 1 amide bonds. The first-order valence-electron chi connectivity index (χ1n) is 6.84. The van der Waals surface area contributed by atoms with E-state index in [1.165, 1.54) is 18.2 Å². The number of likely N-dealkylation sites (N-methyl/N-ethyl adjacent to an activating group) is 1. The fourth-order valence-corrected chi connectivity index (χ4v) is 1.94. The molecule has 0 heterocycles. The number of amides is 1. The highest BCUT2D eigenvalue weighted by Crippen LogP contribution is 2.15. The van der Waals surface area contributed by atoms with E-state index in [1.54, 1.807) is 25.1 Å². The van der Waals surface area contributed by atoms with Crippen LogP contribution in [-0.2, 0) is 11.3 Å². The SMILES string of the molecule is COc1cccc(CN(C)C(=O)COc2cccc(F)c2)c1. The molecule has 0 spiro atoms. The van der Waals surface area contributed by atoms with Gasteiger partial charge in [-0.1, -0.05) is 18.2 Å². The van der Waals surface area contributed by atoms with Gasteiger partial charge in [-0.3, -0.25) is 4.79 Å².